The number of hydrogen-bond acceptors (Lipinski definition) is 6. The second-order valence-electron chi connectivity index (χ2n) is 8.42. The number of hydrogen-bond donors (Lipinski definition) is 0. The molecule has 0 aliphatic heterocycles. The van der Waals surface area contributed by atoms with Gasteiger partial charge in [0.15, 0.2) is 15.7 Å². The SMILES string of the molecule is Cc1ccc2cccc(-c3ccccc3C=C(c3ccc(S(C)(=O)=O)cc3)c3nc(C)no3)c2n1. The van der Waals surface area contributed by atoms with Gasteiger partial charge < -0.3 is 4.52 Å². The molecule has 174 valence electrons. The van der Waals surface area contributed by atoms with Crippen LogP contribution in [0.2, 0.25) is 0 Å². The first-order chi connectivity index (χ1) is 16.8. The Morgan fingerprint density at radius 1 is 0.829 bits per heavy atom. The maximum atomic E-state index is 11.9. The average molecular weight is 482 g/mol. The minimum atomic E-state index is -3.31. The molecule has 0 atom stereocenters. The van der Waals surface area contributed by atoms with Gasteiger partial charge in [-0.25, -0.2) is 8.42 Å². The Balaban J connectivity index is 1.71. The fraction of sp³-hybridized carbons (Fsp3) is 0.107. The Morgan fingerprint density at radius 3 is 2.29 bits per heavy atom. The summed E-state index contributed by atoms with van der Waals surface area (Å²) in [4.78, 5) is 9.50. The van der Waals surface area contributed by atoms with Gasteiger partial charge in [-0.1, -0.05) is 65.8 Å². The van der Waals surface area contributed by atoms with E-state index in [9.17, 15) is 8.42 Å². The summed E-state index contributed by atoms with van der Waals surface area (Å²) in [6, 6.07) is 25.0. The van der Waals surface area contributed by atoms with Crippen molar-refractivity contribution < 1.29 is 12.9 Å². The molecule has 5 aromatic rings. The van der Waals surface area contributed by atoms with Gasteiger partial charge in [0.05, 0.1) is 10.4 Å². The molecule has 5 rings (SSSR count). The minimum absolute atomic E-state index is 0.250. The number of para-hydroxylation sites is 1. The van der Waals surface area contributed by atoms with Crippen LogP contribution in [0.5, 0.6) is 0 Å². The largest absolute Gasteiger partial charge is 0.334 e. The van der Waals surface area contributed by atoms with Crippen LogP contribution in [0, 0.1) is 13.8 Å². The number of benzene rings is 3. The van der Waals surface area contributed by atoms with Gasteiger partial charge in [-0.05, 0) is 54.8 Å². The van der Waals surface area contributed by atoms with Crippen LogP contribution in [0.1, 0.15) is 28.5 Å². The molecule has 7 heteroatoms. The Morgan fingerprint density at radius 2 is 1.57 bits per heavy atom. The van der Waals surface area contributed by atoms with E-state index in [-0.39, 0.29) is 4.90 Å². The maximum absolute atomic E-state index is 11.9. The Bertz CT molecular complexity index is 1680. The highest BCUT2D eigenvalue weighted by atomic mass is 32.2. The molecule has 0 N–H and O–H groups in total. The number of sulfone groups is 1. The molecule has 3 aromatic carbocycles. The standard InChI is InChI=1S/C28H23N3O3S/c1-18-11-12-21-8-6-10-25(27(21)29-18)24-9-5-4-7-22(24)17-26(28-30-19(2)31-34-28)20-13-15-23(16-14-20)35(3,32)33/h4-17H,1-3H3. The molecule has 35 heavy (non-hydrogen) atoms. The molecule has 6 nitrogen and oxygen atoms in total. The minimum Gasteiger partial charge on any atom is -0.334 e. The summed E-state index contributed by atoms with van der Waals surface area (Å²) >= 11 is 0. The molecule has 0 aliphatic rings. The molecule has 0 radical (unpaired) electrons. The van der Waals surface area contributed by atoms with Crippen molar-refractivity contribution in [3.05, 3.63) is 107 Å². The van der Waals surface area contributed by atoms with Crippen molar-refractivity contribution in [3.63, 3.8) is 0 Å². The lowest BCUT2D eigenvalue weighted by Crippen LogP contribution is -1.97. The highest BCUT2D eigenvalue weighted by Crippen LogP contribution is 2.34. The molecule has 0 aliphatic carbocycles. The zero-order valence-corrected chi connectivity index (χ0v) is 20.4. The summed E-state index contributed by atoms with van der Waals surface area (Å²) in [5.41, 5.74) is 6.32. The Hall–Kier alpha value is -4.10. The quantitative estimate of drug-likeness (QED) is 0.291. The average Bonchev–Trinajstić information content (AvgIpc) is 3.28. The van der Waals surface area contributed by atoms with Gasteiger partial charge in [0.25, 0.3) is 5.89 Å². The fourth-order valence-corrected chi connectivity index (χ4v) is 4.67. The summed E-state index contributed by atoms with van der Waals surface area (Å²) in [5, 5.41) is 5.03. The van der Waals surface area contributed by atoms with Crippen molar-refractivity contribution in [1.29, 1.82) is 0 Å². The van der Waals surface area contributed by atoms with E-state index >= 15 is 0 Å². The summed E-state index contributed by atoms with van der Waals surface area (Å²) in [7, 11) is -3.31. The van der Waals surface area contributed by atoms with E-state index < -0.39 is 9.84 Å². The number of aryl methyl sites for hydroxylation is 2. The van der Waals surface area contributed by atoms with Crippen molar-refractivity contribution in [1.82, 2.24) is 15.1 Å². The van der Waals surface area contributed by atoms with Crippen molar-refractivity contribution in [2.24, 2.45) is 0 Å². The first-order valence-electron chi connectivity index (χ1n) is 11.1. The van der Waals surface area contributed by atoms with Crippen LogP contribution >= 0.6 is 0 Å². The molecule has 0 saturated carbocycles. The van der Waals surface area contributed by atoms with Crippen LogP contribution in [0.4, 0.5) is 0 Å². The maximum Gasteiger partial charge on any atom is 0.258 e. The zero-order chi connectivity index (χ0) is 24.6. The first-order valence-corrected chi connectivity index (χ1v) is 13.0. The molecule has 2 heterocycles. The van der Waals surface area contributed by atoms with Gasteiger partial charge >= 0.3 is 0 Å². The Kier molecular flexibility index (Phi) is 5.78. The van der Waals surface area contributed by atoms with Crippen LogP contribution < -0.4 is 0 Å². The van der Waals surface area contributed by atoms with Crippen LogP contribution in [0.15, 0.2) is 88.3 Å². The van der Waals surface area contributed by atoms with Gasteiger partial charge in [0, 0.05) is 28.5 Å². The molecule has 0 amide bonds. The highest BCUT2D eigenvalue weighted by Gasteiger charge is 2.16. The highest BCUT2D eigenvalue weighted by molar-refractivity contribution is 7.90. The molecule has 2 aromatic heterocycles. The molecule has 0 saturated heterocycles. The second-order valence-corrected chi connectivity index (χ2v) is 10.4. The number of pyridine rings is 1. The number of nitrogens with zero attached hydrogens (tertiary/aromatic N) is 3. The fourth-order valence-electron chi connectivity index (χ4n) is 4.04. The molecular formula is C28H23N3O3S. The third-order valence-electron chi connectivity index (χ3n) is 5.76. The monoisotopic (exact) mass is 481 g/mol. The Labute approximate surface area is 203 Å². The first kappa shape index (κ1) is 22.7. The van der Waals surface area contributed by atoms with Crippen molar-refractivity contribution in [2.75, 3.05) is 6.26 Å². The van der Waals surface area contributed by atoms with E-state index in [4.69, 9.17) is 9.51 Å². The van der Waals surface area contributed by atoms with Gasteiger partial charge in [0.2, 0.25) is 0 Å². The van der Waals surface area contributed by atoms with E-state index in [0.717, 1.165) is 38.9 Å². The number of aromatic nitrogens is 3. The van der Waals surface area contributed by atoms with Gasteiger partial charge in [-0.15, -0.1) is 0 Å². The normalized spacial score (nSPS) is 12.3. The predicted molar refractivity (Wildman–Crippen MR) is 137 cm³/mol. The van der Waals surface area contributed by atoms with E-state index in [1.807, 2.05) is 43.3 Å². The smallest absolute Gasteiger partial charge is 0.258 e. The van der Waals surface area contributed by atoms with Crippen LogP contribution in [-0.2, 0) is 9.84 Å². The third-order valence-corrected chi connectivity index (χ3v) is 6.89. The lowest BCUT2D eigenvalue weighted by molar-refractivity contribution is 0.403. The van der Waals surface area contributed by atoms with E-state index in [0.29, 0.717) is 17.3 Å². The van der Waals surface area contributed by atoms with Gasteiger partial charge in [-0.2, -0.15) is 4.98 Å². The van der Waals surface area contributed by atoms with E-state index in [1.165, 1.54) is 6.26 Å². The van der Waals surface area contributed by atoms with Crippen LogP contribution in [0.25, 0.3) is 33.7 Å². The molecule has 0 fully saturated rings. The summed E-state index contributed by atoms with van der Waals surface area (Å²) in [6.07, 6.45) is 3.18. The van der Waals surface area contributed by atoms with Gasteiger partial charge in [0.1, 0.15) is 0 Å². The van der Waals surface area contributed by atoms with E-state index in [1.54, 1.807) is 31.2 Å². The topological polar surface area (TPSA) is 86.0 Å². The molecule has 0 spiro atoms. The molecule has 0 unspecified atom stereocenters. The van der Waals surface area contributed by atoms with Crippen molar-refractivity contribution in [2.45, 2.75) is 18.7 Å². The lowest BCUT2D eigenvalue weighted by Gasteiger charge is -2.12. The van der Waals surface area contributed by atoms with E-state index in [2.05, 4.69) is 34.4 Å². The second kappa shape index (κ2) is 8.92. The third kappa shape index (κ3) is 4.63. The molecule has 0 bridgehead atoms. The number of rotatable bonds is 5. The van der Waals surface area contributed by atoms with Crippen LogP contribution in [-0.4, -0.2) is 29.8 Å². The van der Waals surface area contributed by atoms with Crippen LogP contribution in [0.3, 0.4) is 0 Å². The van der Waals surface area contributed by atoms with Crippen molar-refractivity contribution in [3.8, 4) is 11.1 Å². The van der Waals surface area contributed by atoms with Gasteiger partial charge in [-0.3, -0.25) is 4.98 Å². The van der Waals surface area contributed by atoms with Crippen molar-refractivity contribution >= 4 is 32.4 Å². The summed E-state index contributed by atoms with van der Waals surface area (Å²) in [6.45, 7) is 3.74. The lowest BCUT2D eigenvalue weighted by atomic mass is 9.94. The summed E-state index contributed by atoms with van der Waals surface area (Å²) in [5.74, 6) is 0.872. The predicted octanol–water partition coefficient (Wildman–Crippen LogP) is 5.89. The summed E-state index contributed by atoms with van der Waals surface area (Å²) < 4.78 is 29.4. The zero-order valence-electron chi connectivity index (χ0n) is 19.6. The molecular weight excluding hydrogens is 458 g/mol. The number of fused-ring (bicyclic) bond motifs is 1.